The van der Waals surface area contributed by atoms with Gasteiger partial charge in [0.05, 0.1) is 17.4 Å². The summed E-state index contributed by atoms with van der Waals surface area (Å²) in [4.78, 5) is 12.8. The van der Waals surface area contributed by atoms with Crippen molar-refractivity contribution in [2.75, 3.05) is 13.2 Å². The van der Waals surface area contributed by atoms with Gasteiger partial charge in [-0.15, -0.1) is 10.2 Å². The van der Waals surface area contributed by atoms with Crippen molar-refractivity contribution in [3.8, 4) is 17.1 Å². The number of rotatable bonds is 5. The summed E-state index contributed by atoms with van der Waals surface area (Å²) in [5.41, 5.74) is 1.49. The molecule has 0 saturated heterocycles. The molecule has 4 aromatic rings. The van der Waals surface area contributed by atoms with Crippen LogP contribution in [0.4, 0.5) is 0 Å². The predicted octanol–water partition coefficient (Wildman–Crippen LogP) is -0.996. The van der Waals surface area contributed by atoms with Gasteiger partial charge in [-0.25, -0.2) is 0 Å². The van der Waals surface area contributed by atoms with E-state index >= 15 is 0 Å². The van der Waals surface area contributed by atoms with E-state index in [4.69, 9.17) is 14.3 Å². The molecule has 26 heavy (non-hydrogen) atoms. The van der Waals surface area contributed by atoms with Crippen molar-refractivity contribution in [1.82, 2.24) is 20.6 Å². The van der Waals surface area contributed by atoms with Crippen LogP contribution in [0.5, 0.6) is 5.75 Å². The van der Waals surface area contributed by atoms with Crippen molar-refractivity contribution in [3.63, 3.8) is 0 Å². The van der Waals surface area contributed by atoms with E-state index in [-0.39, 0.29) is 43.0 Å². The standard InChI is InChI=1S/C17H14N4O4.Na.H/c22-6-1-7-24-11-3-5-14-13(9-11)16(23)12-4-2-10(8-15(12)25-14)17-18-20-21-19-17;;/h2-5,8-9,22H,1,6-7H2,(H,18,19,20,21);;/q;+1;-1. The average Bonchev–Trinajstić information content (AvgIpc) is 3.17. The molecule has 0 saturated carbocycles. The third kappa shape index (κ3) is 3.49. The Morgan fingerprint density at radius 3 is 2.81 bits per heavy atom. The van der Waals surface area contributed by atoms with Crippen molar-refractivity contribution in [1.29, 1.82) is 0 Å². The van der Waals surface area contributed by atoms with E-state index < -0.39 is 0 Å². The van der Waals surface area contributed by atoms with Gasteiger partial charge in [-0.1, -0.05) is 6.07 Å². The number of benzene rings is 2. The Morgan fingerprint density at radius 2 is 2.04 bits per heavy atom. The monoisotopic (exact) mass is 362 g/mol. The maximum Gasteiger partial charge on any atom is 1.00 e. The second-order valence-electron chi connectivity index (χ2n) is 5.46. The molecule has 0 radical (unpaired) electrons. The Morgan fingerprint density at radius 1 is 1.15 bits per heavy atom. The maximum absolute atomic E-state index is 12.8. The van der Waals surface area contributed by atoms with E-state index in [2.05, 4.69) is 20.6 Å². The molecule has 128 valence electrons. The number of tetrazole rings is 1. The van der Waals surface area contributed by atoms with Crippen molar-refractivity contribution in [2.45, 2.75) is 6.42 Å². The quantitative estimate of drug-likeness (QED) is 0.266. The molecular weight excluding hydrogens is 347 g/mol. The molecule has 0 spiro atoms. The summed E-state index contributed by atoms with van der Waals surface area (Å²) in [6.45, 7) is 0.443. The maximum atomic E-state index is 12.8. The van der Waals surface area contributed by atoms with E-state index in [1.165, 1.54) is 0 Å². The van der Waals surface area contributed by atoms with Gasteiger partial charge in [0.2, 0.25) is 11.3 Å². The average molecular weight is 362 g/mol. The van der Waals surface area contributed by atoms with Gasteiger partial charge in [0, 0.05) is 18.6 Å². The number of aromatic amines is 1. The Kier molecular flexibility index (Phi) is 5.67. The Labute approximate surface area is 170 Å². The first-order chi connectivity index (χ1) is 12.3. The fourth-order valence-electron chi connectivity index (χ4n) is 2.60. The molecule has 0 fully saturated rings. The molecular formula is C17H15N4NaO4. The zero-order chi connectivity index (χ0) is 17.2. The van der Waals surface area contributed by atoms with Gasteiger partial charge >= 0.3 is 29.6 Å². The minimum absolute atomic E-state index is 0. The van der Waals surface area contributed by atoms with Crippen molar-refractivity contribution >= 4 is 21.9 Å². The van der Waals surface area contributed by atoms with Crippen LogP contribution in [0, 0.1) is 0 Å². The van der Waals surface area contributed by atoms with Gasteiger partial charge in [0.1, 0.15) is 16.9 Å². The second kappa shape index (κ2) is 7.96. The third-order valence-corrected chi connectivity index (χ3v) is 3.82. The first-order valence-corrected chi connectivity index (χ1v) is 7.74. The molecule has 0 amide bonds. The number of aromatic nitrogens is 4. The molecule has 0 atom stereocenters. The van der Waals surface area contributed by atoms with Gasteiger partial charge in [0.15, 0.2) is 0 Å². The number of ether oxygens (including phenoxy) is 1. The van der Waals surface area contributed by atoms with Gasteiger partial charge in [-0.3, -0.25) is 4.79 Å². The van der Waals surface area contributed by atoms with Gasteiger partial charge in [-0.2, -0.15) is 5.21 Å². The minimum Gasteiger partial charge on any atom is -1.00 e. The molecule has 4 rings (SSSR count). The molecule has 0 unspecified atom stereocenters. The summed E-state index contributed by atoms with van der Waals surface area (Å²) in [6, 6.07) is 10.2. The number of hydrogen-bond acceptors (Lipinski definition) is 7. The summed E-state index contributed by atoms with van der Waals surface area (Å²) in [7, 11) is 0. The number of nitrogens with one attached hydrogen (secondary N) is 1. The number of hydrogen-bond donors (Lipinski definition) is 2. The minimum atomic E-state index is -0.136. The molecule has 0 aliphatic rings. The SMILES string of the molecule is O=c1c2ccc(-c3nn[nH]n3)cc2oc2ccc(OCCCO)cc12.[H-].[Na+]. The van der Waals surface area contributed by atoms with Crippen LogP contribution in [0.1, 0.15) is 7.85 Å². The molecule has 0 aliphatic heterocycles. The Bertz CT molecular complexity index is 1100. The van der Waals surface area contributed by atoms with Crippen LogP contribution < -0.4 is 39.7 Å². The molecule has 2 N–H and O–H groups in total. The normalized spacial score (nSPS) is 10.8. The molecule has 2 aromatic carbocycles. The molecule has 2 aromatic heterocycles. The van der Waals surface area contributed by atoms with Crippen LogP contribution in [0.15, 0.2) is 45.6 Å². The first kappa shape index (κ1) is 18.5. The summed E-state index contributed by atoms with van der Waals surface area (Å²) in [5, 5.41) is 23.5. The molecule has 9 heteroatoms. The Hall–Kier alpha value is -2.26. The zero-order valence-electron chi connectivity index (χ0n) is 15.1. The third-order valence-electron chi connectivity index (χ3n) is 3.82. The van der Waals surface area contributed by atoms with Gasteiger partial charge < -0.3 is 15.7 Å². The topological polar surface area (TPSA) is 114 Å². The summed E-state index contributed by atoms with van der Waals surface area (Å²) in [6.07, 6.45) is 0.531. The summed E-state index contributed by atoms with van der Waals surface area (Å²) in [5.74, 6) is 0.994. The smallest absolute Gasteiger partial charge is 1.00 e. The fraction of sp³-hybridized carbons (Fsp3) is 0.176. The molecule has 0 aliphatic carbocycles. The van der Waals surface area contributed by atoms with Crippen molar-refractivity contribution < 1.29 is 45.2 Å². The summed E-state index contributed by atoms with van der Waals surface area (Å²) >= 11 is 0. The number of nitrogens with zero attached hydrogens (tertiary/aromatic N) is 3. The number of aliphatic hydroxyl groups is 1. The number of H-pyrrole nitrogens is 1. The second-order valence-corrected chi connectivity index (χ2v) is 5.46. The fourth-order valence-corrected chi connectivity index (χ4v) is 2.60. The van der Waals surface area contributed by atoms with Crippen molar-refractivity contribution in [3.05, 3.63) is 46.6 Å². The zero-order valence-corrected chi connectivity index (χ0v) is 16.1. The van der Waals surface area contributed by atoms with Crippen LogP contribution in [0.3, 0.4) is 0 Å². The van der Waals surface area contributed by atoms with Crippen LogP contribution in [0.2, 0.25) is 0 Å². The van der Waals surface area contributed by atoms with E-state index in [1.54, 1.807) is 36.4 Å². The number of aliphatic hydroxyl groups excluding tert-OH is 1. The van der Waals surface area contributed by atoms with Gasteiger partial charge in [-0.05, 0) is 35.5 Å². The Balaban J connectivity index is 0.00000131. The van der Waals surface area contributed by atoms with Crippen LogP contribution in [0.25, 0.3) is 33.3 Å². The van der Waals surface area contributed by atoms with Crippen molar-refractivity contribution in [2.24, 2.45) is 0 Å². The number of fused-ring (bicyclic) bond motifs is 2. The first-order valence-electron chi connectivity index (χ1n) is 7.74. The van der Waals surface area contributed by atoms with E-state index in [1.807, 2.05) is 0 Å². The van der Waals surface area contributed by atoms with Gasteiger partial charge in [0.25, 0.3) is 0 Å². The molecule has 8 nitrogen and oxygen atoms in total. The molecule has 0 bridgehead atoms. The van der Waals surface area contributed by atoms with E-state index in [0.29, 0.717) is 52.1 Å². The predicted molar refractivity (Wildman–Crippen MR) is 91.5 cm³/mol. The van der Waals surface area contributed by atoms with E-state index in [9.17, 15) is 4.79 Å². The van der Waals surface area contributed by atoms with Crippen LogP contribution in [-0.4, -0.2) is 38.9 Å². The van der Waals surface area contributed by atoms with Crippen LogP contribution in [-0.2, 0) is 0 Å². The largest absolute Gasteiger partial charge is 1.00 e. The summed E-state index contributed by atoms with van der Waals surface area (Å²) < 4.78 is 11.4. The van der Waals surface area contributed by atoms with Crippen LogP contribution >= 0.6 is 0 Å². The molecule has 2 heterocycles. The van der Waals surface area contributed by atoms with E-state index in [0.717, 1.165) is 0 Å².